The minimum Gasteiger partial charge on any atom is -0.509 e. The number of ether oxygens (including phenoxy) is 2. The summed E-state index contributed by atoms with van der Waals surface area (Å²) < 4.78 is 11.6. The molecule has 1 aliphatic carbocycles. The van der Waals surface area contributed by atoms with Crippen LogP contribution in [0.2, 0.25) is 5.02 Å². The van der Waals surface area contributed by atoms with Crippen molar-refractivity contribution in [2.75, 3.05) is 20.3 Å². The van der Waals surface area contributed by atoms with E-state index in [1.807, 2.05) is 24.3 Å². The molecule has 1 saturated carbocycles. The van der Waals surface area contributed by atoms with Crippen molar-refractivity contribution in [2.45, 2.75) is 45.1 Å². The fourth-order valence-electron chi connectivity index (χ4n) is 4.99. The highest BCUT2D eigenvalue weighted by Gasteiger charge is 2.46. The van der Waals surface area contributed by atoms with Gasteiger partial charge in [0, 0.05) is 24.3 Å². The molecule has 1 fully saturated rings. The van der Waals surface area contributed by atoms with E-state index in [1.54, 1.807) is 7.11 Å². The average Bonchev–Trinajstić information content (AvgIpc) is 3.01. The van der Waals surface area contributed by atoms with E-state index in [-0.39, 0.29) is 0 Å². The third-order valence-corrected chi connectivity index (χ3v) is 6.91. The standard InChI is InChI=1S/C25H29ClO3/c1-16-4-9-21(19-5-7-20(26)8-6-19)17(2)23(16)22-15-29-25(24(22)27)12-10-18(11-13-25)14-28-3/h4-9,18,27H,10-15H2,1-3H3. The number of aliphatic hydroxyl groups excluding tert-OH is 1. The Morgan fingerprint density at radius 2 is 1.79 bits per heavy atom. The van der Waals surface area contributed by atoms with Crippen LogP contribution in [0.5, 0.6) is 0 Å². The van der Waals surface area contributed by atoms with Gasteiger partial charge in [0.15, 0.2) is 0 Å². The zero-order valence-electron chi connectivity index (χ0n) is 17.4. The molecule has 1 aliphatic heterocycles. The first-order valence-corrected chi connectivity index (χ1v) is 10.7. The molecule has 1 spiro atoms. The number of rotatable bonds is 4. The Morgan fingerprint density at radius 3 is 2.45 bits per heavy atom. The summed E-state index contributed by atoms with van der Waals surface area (Å²) in [6.45, 7) is 5.49. The van der Waals surface area contributed by atoms with E-state index in [2.05, 4.69) is 26.0 Å². The van der Waals surface area contributed by atoms with Crippen LogP contribution < -0.4 is 0 Å². The Balaban J connectivity index is 1.70. The normalized spacial score (nSPS) is 24.5. The predicted molar refractivity (Wildman–Crippen MR) is 118 cm³/mol. The van der Waals surface area contributed by atoms with Crippen molar-refractivity contribution in [3.05, 3.63) is 63.9 Å². The number of hydrogen-bond acceptors (Lipinski definition) is 3. The summed E-state index contributed by atoms with van der Waals surface area (Å²) in [4.78, 5) is 0. The lowest BCUT2D eigenvalue weighted by Gasteiger charge is -2.36. The minimum atomic E-state index is -0.519. The summed E-state index contributed by atoms with van der Waals surface area (Å²) in [5.41, 5.74) is 6.16. The highest BCUT2D eigenvalue weighted by atomic mass is 35.5. The van der Waals surface area contributed by atoms with Gasteiger partial charge >= 0.3 is 0 Å². The van der Waals surface area contributed by atoms with Crippen molar-refractivity contribution >= 4 is 17.2 Å². The fourth-order valence-corrected chi connectivity index (χ4v) is 5.12. The van der Waals surface area contributed by atoms with Crippen molar-refractivity contribution in [2.24, 2.45) is 5.92 Å². The van der Waals surface area contributed by atoms with Gasteiger partial charge in [-0.25, -0.2) is 0 Å². The number of aryl methyl sites for hydroxylation is 1. The maximum atomic E-state index is 11.3. The fraction of sp³-hybridized carbons (Fsp3) is 0.440. The molecule has 0 aromatic heterocycles. The third-order valence-electron chi connectivity index (χ3n) is 6.66. The van der Waals surface area contributed by atoms with Crippen LogP contribution in [0.3, 0.4) is 0 Å². The lowest BCUT2D eigenvalue weighted by Crippen LogP contribution is -2.37. The maximum absolute atomic E-state index is 11.3. The van der Waals surface area contributed by atoms with E-state index in [1.165, 1.54) is 5.56 Å². The van der Waals surface area contributed by atoms with Crippen molar-refractivity contribution < 1.29 is 14.6 Å². The first-order chi connectivity index (χ1) is 13.9. The van der Waals surface area contributed by atoms with Gasteiger partial charge in [0.25, 0.3) is 0 Å². The summed E-state index contributed by atoms with van der Waals surface area (Å²) in [6.07, 6.45) is 3.75. The Bertz CT molecular complexity index is 922. The van der Waals surface area contributed by atoms with E-state index in [0.717, 1.165) is 65.1 Å². The number of halogens is 1. The van der Waals surface area contributed by atoms with E-state index in [9.17, 15) is 5.11 Å². The third kappa shape index (κ3) is 3.72. The van der Waals surface area contributed by atoms with E-state index < -0.39 is 5.60 Å². The largest absolute Gasteiger partial charge is 0.509 e. The molecule has 2 aromatic carbocycles. The van der Waals surface area contributed by atoms with Gasteiger partial charge in [-0.15, -0.1) is 0 Å². The first kappa shape index (κ1) is 20.5. The molecule has 0 bridgehead atoms. The molecule has 154 valence electrons. The lowest BCUT2D eigenvalue weighted by atomic mass is 9.77. The van der Waals surface area contributed by atoms with Gasteiger partial charge in [-0.05, 0) is 85.4 Å². The van der Waals surface area contributed by atoms with Crippen LogP contribution in [-0.2, 0) is 9.47 Å². The van der Waals surface area contributed by atoms with Crippen LogP contribution in [0.15, 0.2) is 42.2 Å². The molecular weight excluding hydrogens is 384 g/mol. The Kier molecular flexibility index (Phi) is 5.74. The van der Waals surface area contributed by atoms with Crippen LogP contribution in [-0.4, -0.2) is 31.0 Å². The Hall–Kier alpha value is -1.81. The summed E-state index contributed by atoms with van der Waals surface area (Å²) >= 11 is 6.07. The maximum Gasteiger partial charge on any atom is 0.130 e. The van der Waals surface area contributed by atoms with Gasteiger partial charge in [0.05, 0.1) is 6.61 Å². The van der Waals surface area contributed by atoms with E-state index >= 15 is 0 Å². The molecule has 0 atom stereocenters. The molecule has 4 heteroatoms. The second kappa shape index (κ2) is 8.14. The summed E-state index contributed by atoms with van der Waals surface area (Å²) in [7, 11) is 1.76. The Morgan fingerprint density at radius 1 is 1.10 bits per heavy atom. The molecule has 3 nitrogen and oxygen atoms in total. The highest BCUT2D eigenvalue weighted by molar-refractivity contribution is 6.30. The molecule has 0 amide bonds. The van der Waals surface area contributed by atoms with Gasteiger partial charge in [-0.2, -0.15) is 0 Å². The molecule has 0 unspecified atom stereocenters. The van der Waals surface area contributed by atoms with E-state index in [0.29, 0.717) is 18.3 Å². The smallest absolute Gasteiger partial charge is 0.130 e. The second-order valence-electron chi connectivity index (χ2n) is 8.45. The van der Waals surface area contributed by atoms with E-state index in [4.69, 9.17) is 21.1 Å². The number of hydrogen-bond donors (Lipinski definition) is 1. The average molecular weight is 413 g/mol. The Labute approximate surface area is 178 Å². The van der Waals surface area contributed by atoms with Gasteiger partial charge < -0.3 is 14.6 Å². The van der Waals surface area contributed by atoms with Gasteiger partial charge in [-0.1, -0.05) is 35.9 Å². The molecule has 0 saturated heterocycles. The zero-order chi connectivity index (χ0) is 20.6. The number of benzene rings is 2. The first-order valence-electron chi connectivity index (χ1n) is 10.4. The summed E-state index contributed by atoms with van der Waals surface area (Å²) in [6, 6.07) is 12.2. The minimum absolute atomic E-state index is 0.438. The SMILES string of the molecule is COCC1CCC2(CC1)OCC(c1c(C)ccc(-c3ccc(Cl)cc3)c1C)=C2O. The molecule has 2 aromatic rings. The van der Waals surface area contributed by atoms with Crippen LogP contribution in [0.4, 0.5) is 0 Å². The van der Waals surface area contributed by atoms with Crippen LogP contribution in [0, 0.1) is 19.8 Å². The van der Waals surface area contributed by atoms with Crippen molar-refractivity contribution in [1.82, 2.24) is 0 Å². The van der Waals surface area contributed by atoms with Crippen molar-refractivity contribution in [1.29, 1.82) is 0 Å². The van der Waals surface area contributed by atoms with Crippen LogP contribution in [0.1, 0.15) is 42.4 Å². The summed E-state index contributed by atoms with van der Waals surface area (Å²) in [5.74, 6) is 0.996. The zero-order valence-corrected chi connectivity index (χ0v) is 18.2. The highest BCUT2D eigenvalue weighted by Crippen LogP contribution is 2.47. The van der Waals surface area contributed by atoms with Crippen molar-refractivity contribution in [3.8, 4) is 11.1 Å². The van der Waals surface area contributed by atoms with Crippen LogP contribution >= 0.6 is 11.6 Å². The molecule has 0 radical (unpaired) electrons. The molecule has 1 heterocycles. The topological polar surface area (TPSA) is 38.7 Å². The molecule has 2 aliphatic rings. The summed E-state index contributed by atoms with van der Waals surface area (Å²) in [5, 5.41) is 12.0. The number of aliphatic hydroxyl groups is 1. The van der Waals surface area contributed by atoms with Gasteiger partial charge in [0.2, 0.25) is 0 Å². The molecule has 29 heavy (non-hydrogen) atoms. The van der Waals surface area contributed by atoms with Crippen molar-refractivity contribution in [3.63, 3.8) is 0 Å². The monoisotopic (exact) mass is 412 g/mol. The number of methoxy groups -OCH3 is 1. The molecule has 1 N–H and O–H groups in total. The quantitative estimate of drug-likeness (QED) is 0.622. The lowest BCUT2D eigenvalue weighted by molar-refractivity contribution is -0.0483. The van der Waals surface area contributed by atoms with Gasteiger partial charge in [0.1, 0.15) is 11.4 Å². The molecule has 4 rings (SSSR count). The molecular formula is C25H29ClO3. The van der Waals surface area contributed by atoms with Gasteiger partial charge in [-0.3, -0.25) is 0 Å². The van der Waals surface area contributed by atoms with Crippen LogP contribution in [0.25, 0.3) is 16.7 Å². The second-order valence-corrected chi connectivity index (χ2v) is 8.88. The predicted octanol–water partition coefficient (Wildman–Crippen LogP) is 6.50.